The van der Waals surface area contributed by atoms with Crippen molar-refractivity contribution in [1.29, 1.82) is 0 Å². The van der Waals surface area contributed by atoms with Crippen molar-refractivity contribution in [2.24, 2.45) is 10.9 Å². The lowest BCUT2D eigenvalue weighted by Gasteiger charge is -2.11. The lowest BCUT2D eigenvalue weighted by Crippen LogP contribution is -2.17. The van der Waals surface area contributed by atoms with Gasteiger partial charge in [0.1, 0.15) is 12.1 Å². The Hall–Kier alpha value is -2.67. The van der Waals surface area contributed by atoms with E-state index in [9.17, 15) is 0 Å². The predicted molar refractivity (Wildman–Crippen MR) is 78.1 cm³/mol. The lowest BCUT2D eigenvalue weighted by molar-refractivity contribution is 0.318. The molecular formula is C14H17N5O2. The van der Waals surface area contributed by atoms with Gasteiger partial charge >= 0.3 is 0 Å². The maximum Gasteiger partial charge on any atom is 0.170 e. The van der Waals surface area contributed by atoms with E-state index in [1.165, 1.54) is 6.33 Å². The van der Waals surface area contributed by atoms with E-state index in [2.05, 4.69) is 20.4 Å². The van der Waals surface area contributed by atoms with Crippen LogP contribution in [-0.2, 0) is 13.1 Å². The number of nitrogens with two attached hydrogens (primary N) is 1. The van der Waals surface area contributed by atoms with Crippen molar-refractivity contribution >= 4 is 5.84 Å². The number of amidine groups is 1. The monoisotopic (exact) mass is 287 g/mol. The highest BCUT2D eigenvalue weighted by Gasteiger charge is 2.07. The lowest BCUT2D eigenvalue weighted by atomic mass is 10.1. The first-order chi connectivity index (χ1) is 10.2. The normalized spacial score (nSPS) is 11.4. The SMILES string of the molecule is COc1ccc(/C(N)=N/O)cc1CNCc1ccncn1. The number of hydrogen-bond acceptors (Lipinski definition) is 6. The van der Waals surface area contributed by atoms with Crippen molar-refractivity contribution < 1.29 is 9.94 Å². The molecule has 0 aliphatic rings. The molecule has 0 radical (unpaired) electrons. The minimum Gasteiger partial charge on any atom is -0.496 e. The quantitative estimate of drug-likeness (QED) is 0.315. The van der Waals surface area contributed by atoms with Crippen molar-refractivity contribution in [3.05, 3.63) is 53.6 Å². The third-order valence-electron chi connectivity index (χ3n) is 2.95. The summed E-state index contributed by atoms with van der Waals surface area (Å²) >= 11 is 0. The van der Waals surface area contributed by atoms with Crippen LogP contribution in [0.2, 0.25) is 0 Å². The molecule has 0 aliphatic carbocycles. The largest absolute Gasteiger partial charge is 0.496 e. The topological polar surface area (TPSA) is 106 Å². The molecule has 110 valence electrons. The van der Waals surface area contributed by atoms with Crippen LogP contribution in [0.25, 0.3) is 0 Å². The van der Waals surface area contributed by atoms with Gasteiger partial charge < -0.3 is 21.0 Å². The van der Waals surface area contributed by atoms with Gasteiger partial charge in [0.05, 0.1) is 12.8 Å². The molecule has 0 unspecified atom stereocenters. The summed E-state index contributed by atoms with van der Waals surface area (Å²) in [4.78, 5) is 8.00. The molecule has 0 saturated carbocycles. The van der Waals surface area contributed by atoms with Crippen LogP contribution in [0, 0.1) is 0 Å². The summed E-state index contributed by atoms with van der Waals surface area (Å²) in [5.74, 6) is 0.800. The Bertz CT molecular complexity index is 616. The van der Waals surface area contributed by atoms with Crippen LogP contribution in [0.15, 0.2) is 41.9 Å². The van der Waals surface area contributed by atoms with E-state index in [1.807, 2.05) is 12.1 Å². The van der Waals surface area contributed by atoms with Crippen molar-refractivity contribution in [2.75, 3.05) is 7.11 Å². The summed E-state index contributed by atoms with van der Waals surface area (Å²) in [5, 5.41) is 15.0. The van der Waals surface area contributed by atoms with Gasteiger partial charge in [-0.2, -0.15) is 0 Å². The summed E-state index contributed by atoms with van der Waals surface area (Å²) in [6.07, 6.45) is 3.21. The van der Waals surface area contributed by atoms with Crippen LogP contribution < -0.4 is 15.8 Å². The van der Waals surface area contributed by atoms with Crippen molar-refractivity contribution in [1.82, 2.24) is 15.3 Å². The molecule has 0 bridgehead atoms. The minimum atomic E-state index is 0.0645. The number of oxime groups is 1. The van der Waals surface area contributed by atoms with Gasteiger partial charge in [0.25, 0.3) is 0 Å². The summed E-state index contributed by atoms with van der Waals surface area (Å²) in [6, 6.07) is 7.19. The molecule has 2 rings (SSSR count). The maximum atomic E-state index is 8.73. The van der Waals surface area contributed by atoms with Gasteiger partial charge in [0, 0.05) is 30.4 Å². The summed E-state index contributed by atoms with van der Waals surface area (Å²) in [7, 11) is 1.60. The van der Waals surface area contributed by atoms with E-state index in [4.69, 9.17) is 15.7 Å². The second kappa shape index (κ2) is 7.20. The third-order valence-corrected chi connectivity index (χ3v) is 2.95. The van der Waals surface area contributed by atoms with Gasteiger partial charge in [-0.1, -0.05) is 5.16 Å². The van der Waals surface area contributed by atoms with Gasteiger partial charge in [-0.15, -0.1) is 0 Å². The number of nitrogens with one attached hydrogen (secondary N) is 1. The molecule has 7 heteroatoms. The minimum absolute atomic E-state index is 0.0645. The highest BCUT2D eigenvalue weighted by Crippen LogP contribution is 2.19. The molecular weight excluding hydrogens is 270 g/mol. The van der Waals surface area contributed by atoms with Crippen molar-refractivity contribution in [3.8, 4) is 5.75 Å². The van der Waals surface area contributed by atoms with E-state index in [0.717, 1.165) is 17.0 Å². The summed E-state index contributed by atoms with van der Waals surface area (Å²) in [6.45, 7) is 1.18. The molecule has 0 spiro atoms. The Morgan fingerprint density at radius 3 is 2.90 bits per heavy atom. The number of aromatic nitrogens is 2. The van der Waals surface area contributed by atoms with E-state index in [-0.39, 0.29) is 5.84 Å². The first-order valence-corrected chi connectivity index (χ1v) is 6.35. The molecule has 0 aliphatic heterocycles. The molecule has 0 atom stereocenters. The zero-order chi connectivity index (χ0) is 15.1. The molecule has 4 N–H and O–H groups in total. The van der Waals surface area contributed by atoms with Crippen LogP contribution in [-0.4, -0.2) is 28.1 Å². The van der Waals surface area contributed by atoms with Gasteiger partial charge in [-0.25, -0.2) is 9.97 Å². The Morgan fingerprint density at radius 1 is 1.38 bits per heavy atom. The fourth-order valence-corrected chi connectivity index (χ4v) is 1.88. The van der Waals surface area contributed by atoms with Crippen LogP contribution in [0.3, 0.4) is 0 Å². The number of ether oxygens (including phenoxy) is 1. The highest BCUT2D eigenvalue weighted by atomic mass is 16.5. The number of rotatable bonds is 6. The first kappa shape index (κ1) is 14.7. The number of benzene rings is 1. The molecule has 0 fully saturated rings. The average Bonchev–Trinajstić information content (AvgIpc) is 2.55. The Balaban J connectivity index is 2.07. The van der Waals surface area contributed by atoms with Crippen molar-refractivity contribution in [3.63, 3.8) is 0 Å². The Labute approximate surface area is 122 Å². The van der Waals surface area contributed by atoms with Gasteiger partial charge in [0.15, 0.2) is 5.84 Å². The van der Waals surface area contributed by atoms with Crippen LogP contribution >= 0.6 is 0 Å². The van der Waals surface area contributed by atoms with Gasteiger partial charge in [0.2, 0.25) is 0 Å². The first-order valence-electron chi connectivity index (χ1n) is 6.35. The smallest absolute Gasteiger partial charge is 0.170 e. The Kier molecular flexibility index (Phi) is 5.05. The molecule has 2 aromatic rings. The number of nitrogens with zero attached hydrogens (tertiary/aromatic N) is 3. The molecule has 1 aromatic heterocycles. The molecule has 7 nitrogen and oxygen atoms in total. The summed E-state index contributed by atoms with van der Waals surface area (Å²) < 4.78 is 5.31. The second-order valence-electron chi connectivity index (χ2n) is 4.32. The fraction of sp³-hybridized carbons (Fsp3) is 0.214. The standard InChI is InChI=1S/C14H17N5O2/c1-21-13-3-2-10(14(15)19-20)6-11(13)7-17-8-12-4-5-16-9-18-12/h2-6,9,17,20H,7-8H2,1H3,(H2,15,19). The third kappa shape index (κ3) is 3.90. The highest BCUT2D eigenvalue weighted by molar-refractivity contribution is 5.97. The molecule has 1 aromatic carbocycles. The summed E-state index contributed by atoms with van der Waals surface area (Å²) in [5.41, 5.74) is 8.04. The van der Waals surface area contributed by atoms with E-state index >= 15 is 0 Å². The van der Waals surface area contributed by atoms with E-state index < -0.39 is 0 Å². The average molecular weight is 287 g/mol. The van der Waals surface area contributed by atoms with Gasteiger partial charge in [-0.3, -0.25) is 0 Å². The second-order valence-corrected chi connectivity index (χ2v) is 4.32. The van der Waals surface area contributed by atoms with E-state index in [0.29, 0.717) is 18.7 Å². The zero-order valence-corrected chi connectivity index (χ0v) is 11.7. The van der Waals surface area contributed by atoms with Crippen LogP contribution in [0.5, 0.6) is 5.75 Å². The van der Waals surface area contributed by atoms with Crippen molar-refractivity contribution in [2.45, 2.75) is 13.1 Å². The molecule has 0 amide bonds. The Morgan fingerprint density at radius 2 is 2.24 bits per heavy atom. The molecule has 1 heterocycles. The number of hydrogen-bond donors (Lipinski definition) is 3. The van der Waals surface area contributed by atoms with Crippen LogP contribution in [0.4, 0.5) is 0 Å². The zero-order valence-electron chi connectivity index (χ0n) is 11.7. The fourth-order valence-electron chi connectivity index (χ4n) is 1.88. The maximum absolute atomic E-state index is 8.73. The van der Waals surface area contributed by atoms with Crippen LogP contribution in [0.1, 0.15) is 16.8 Å². The number of methoxy groups -OCH3 is 1. The molecule has 21 heavy (non-hydrogen) atoms. The van der Waals surface area contributed by atoms with E-state index in [1.54, 1.807) is 25.4 Å². The molecule has 0 saturated heterocycles. The predicted octanol–water partition coefficient (Wildman–Crippen LogP) is 0.869. The van der Waals surface area contributed by atoms with Gasteiger partial charge in [-0.05, 0) is 24.3 Å².